The van der Waals surface area contributed by atoms with Gasteiger partial charge < -0.3 is 10.3 Å². The van der Waals surface area contributed by atoms with Gasteiger partial charge in [0.15, 0.2) is 11.5 Å². The first-order valence-electron chi connectivity index (χ1n) is 13.2. The van der Waals surface area contributed by atoms with Gasteiger partial charge in [0.1, 0.15) is 11.0 Å². The van der Waals surface area contributed by atoms with Gasteiger partial charge in [-0.1, -0.05) is 54.1 Å². The lowest BCUT2D eigenvalue weighted by Crippen LogP contribution is -2.14. The van der Waals surface area contributed by atoms with E-state index in [1.807, 2.05) is 66.7 Å². The number of benzene rings is 2. The van der Waals surface area contributed by atoms with Crippen molar-refractivity contribution in [2.75, 3.05) is 5.32 Å². The van der Waals surface area contributed by atoms with Gasteiger partial charge in [0.05, 0.1) is 40.7 Å². The number of nitrogens with one attached hydrogen (secondary N) is 3. The van der Waals surface area contributed by atoms with Crippen LogP contribution in [0.15, 0.2) is 97.5 Å². The number of carbonyl (C=O) groups excluding carboxylic acids is 1. The molecule has 5 heterocycles. The van der Waals surface area contributed by atoms with Gasteiger partial charge in [0.2, 0.25) is 5.91 Å². The summed E-state index contributed by atoms with van der Waals surface area (Å²) in [6.45, 7) is 2.06. The number of carbonyl (C=O) groups is 1. The number of rotatable bonds is 6. The smallest absolute Gasteiger partial charge is 0.228 e. The van der Waals surface area contributed by atoms with E-state index in [1.54, 1.807) is 18.6 Å². The third-order valence-electron chi connectivity index (χ3n) is 6.85. The molecule has 9 nitrogen and oxygen atoms in total. The summed E-state index contributed by atoms with van der Waals surface area (Å²) < 4.78 is 0. The van der Waals surface area contributed by atoms with Gasteiger partial charge >= 0.3 is 0 Å². The first-order chi connectivity index (χ1) is 20.1. The largest absolute Gasteiger partial charge is 0.336 e. The minimum absolute atomic E-state index is 0.111. The fraction of sp³-hybridized carbons (Fsp3) is 0.0625. The molecule has 0 radical (unpaired) electrons. The summed E-state index contributed by atoms with van der Waals surface area (Å²) in [6.07, 6.45) is 5.41. The number of aromatic amines is 2. The average Bonchev–Trinajstić information content (AvgIpc) is 3.61. The van der Waals surface area contributed by atoms with Crippen LogP contribution in [0.5, 0.6) is 0 Å². The normalized spacial score (nSPS) is 11.2. The predicted octanol–water partition coefficient (Wildman–Crippen LogP) is 6.11. The molecule has 1 amide bonds. The predicted molar refractivity (Wildman–Crippen MR) is 159 cm³/mol. The maximum absolute atomic E-state index is 12.6. The quantitative estimate of drug-likeness (QED) is 0.235. The van der Waals surface area contributed by atoms with Crippen LogP contribution in [0.1, 0.15) is 11.1 Å². The lowest BCUT2D eigenvalue weighted by molar-refractivity contribution is -0.115. The maximum atomic E-state index is 12.6. The van der Waals surface area contributed by atoms with E-state index in [9.17, 15) is 4.79 Å². The number of aromatic nitrogens is 7. The van der Waals surface area contributed by atoms with E-state index >= 15 is 0 Å². The lowest BCUT2D eigenvalue weighted by Gasteiger charge is -2.07. The molecule has 5 aromatic heterocycles. The zero-order chi connectivity index (χ0) is 27.8. The second kappa shape index (κ2) is 10.1. The summed E-state index contributed by atoms with van der Waals surface area (Å²) in [5.41, 5.74) is 9.67. The van der Waals surface area contributed by atoms with Crippen molar-refractivity contribution >= 4 is 33.7 Å². The highest BCUT2D eigenvalue weighted by atomic mass is 16.1. The summed E-state index contributed by atoms with van der Waals surface area (Å²) in [5.74, 6) is 0.484. The summed E-state index contributed by atoms with van der Waals surface area (Å²) in [7, 11) is 0. The number of nitrogens with zero attached hydrogens (tertiary/aromatic N) is 5. The minimum atomic E-state index is -0.111. The molecule has 41 heavy (non-hydrogen) atoms. The van der Waals surface area contributed by atoms with Crippen LogP contribution >= 0.6 is 0 Å². The average molecular weight is 537 g/mol. The topological polar surface area (TPSA) is 125 Å². The standard InChI is InChI=1S/C32H24N8O/c1-19-6-5-9-21(14-19)28-29-25(12-13-34-28)37-32(38-29)31-30-26(39-40-31)11-10-24(36-30)22-16-23(18-33-17-22)35-27(41)15-20-7-3-2-4-8-20/h2-14,16-18H,15H2,1H3,(H,35,41)(H,37,38)(H,39,40). The number of anilines is 1. The highest BCUT2D eigenvalue weighted by molar-refractivity contribution is 5.95. The fourth-order valence-corrected chi connectivity index (χ4v) is 4.91. The number of hydrogen-bond donors (Lipinski definition) is 3. The zero-order valence-electron chi connectivity index (χ0n) is 22.1. The van der Waals surface area contributed by atoms with Crippen LogP contribution in [-0.4, -0.2) is 41.0 Å². The van der Waals surface area contributed by atoms with E-state index in [-0.39, 0.29) is 12.3 Å². The Morgan fingerprint density at radius 2 is 1.71 bits per heavy atom. The van der Waals surface area contributed by atoms with Crippen LogP contribution in [0.4, 0.5) is 5.69 Å². The van der Waals surface area contributed by atoms with Gasteiger partial charge in [0, 0.05) is 23.5 Å². The van der Waals surface area contributed by atoms with Crippen molar-refractivity contribution in [3.63, 3.8) is 0 Å². The van der Waals surface area contributed by atoms with E-state index in [4.69, 9.17) is 9.97 Å². The van der Waals surface area contributed by atoms with Crippen LogP contribution in [0.25, 0.3) is 56.1 Å². The minimum Gasteiger partial charge on any atom is -0.336 e. The molecule has 7 aromatic rings. The van der Waals surface area contributed by atoms with Crippen molar-refractivity contribution in [3.8, 4) is 34.0 Å². The molecule has 3 N–H and O–H groups in total. The molecular formula is C32H24N8O. The Balaban J connectivity index is 1.21. The molecule has 0 spiro atoms. The Kier molecular flexibility index (Phi) is 6.01. The van der Waals surface area contributed by atoms with Gasteiger partial charge in [-0.15, -0.1) is 0 Å². The molecule has 0 unspecified atom stereocenters. The molecule has 0 fully saturated rings. The van der Waals surface area contributed by atoms with Crippen molar-refractivity contribution < 1.29 is 4.79 Å². The third-order valence-corrected chi connectivity index (χ3v) is 6.85. The van der Waals surface area contributed by atoms with E-state index < -0.39 is 0 Å². The number of fused-ring (bicyclic) bond motifs is 2. The monoisotopic (exact) mass is 536 g/mol. The van der Waals surface area contributed by atoms with Crippen molar-refractivity contribution in [3.05, 3.63) is 109 Å². The first kappa shape index (κ1) is 24.3. The summed E-state index contributed by atoms with van der Waals surface area (Å²) in [5, 5.41) is 10.5. The Hall–Kier alpha value is -5.70. The zero-order valence-corrected chi connectivity index (χ0v) is 22.1. The summed E-state index contributed by atoms with van der Waals surface area (Å²) >= 11 is 0. The number of imidazole rings is 1. The van der Waals surface area contributed by atoms with Gasteiger partial charge in [-0.3, -0.25) is 19.9 Å². The summed E-state index contributed by atoms with van der Waals surface area (Å²) in [4.78, 5) is 34.7. The number of pyridine rings is 3. The Morgan fingerprint density at radius 1 is 0.829 bits per heavy atom. The van der Waals surface area contributed by atoms with Gasteiger partial charge in [-0.2, -0.15) is 5.10 Å². The molecule has 0 aliphatic rings. The maximum Gasteiger partial charge on any atom is 0.228 e. The van der Waals surface area contributed by atoms with Crippen molar-refractivity contribution in [1.82, 2.24) is 35.1 Å². The highest BCUT2D eigenvalue weighted by Crippen LogP contribution is 2.31. The van der Waals surface area contributed by atoms with E-state index in [0.29, 0.717) is 28.4 Å². The summed E-state index contributed by atoms with van der Waals surface area (Å²) in [6, 6.07) is 25.4. The molecular weight excluding hydrogens is 512 g/mol. The molecule has 0 aliphatic carbocycles. The van der Waals surface area contributed by atoms with Crippen molar-refractivity contribution in [2.24, 2.45) is 0 Å². The number of H-pyrrole nitrogens is 2. The van der Waals surface area contributed by atoms with Gasteiger partial charge in [-0.05, 0) is 42.8 Å². The highest BCUT2D eigenvalue weighted by Gasteiger charge is 2.18. The van der Waals surface area contributed by atoms with Gasteiger partial charge in [-0.25, -0.2) is 9.97 Å². The second-order valence-corrected chi connectivity index (χ2v) is 9.85. The Labute approximate surface area is 234 Å². The second-order valence-electron chi connectivity index (χ2n) is 9.85. The van der Waals surface area contributed by atoms with E-state index in [2.05, 4.69) is 49.5 Å². The number of hydrogen-bond acceptors (Lipinski definition) is 6. The molecule has 0 bridgehead atoms. The molecule has 2 aromatic carbocycles. The fourth-order valence-electron chi connectivity index (χ4n) is 4.91. The van der Waals surface area contributed by atoms with E-state index in [1.165, 1.54) is 0 Å². The Morgan fingerprint density at radius 3 is 2.59 bits per heavy atom. The first-order valence-corrected chi connectivity index (χ1v) is 13.2. The SMILES string of the molecule is Cc1cccc(-c2nccc3[nH]c(-c4n[nH]c5ccc(-c6cncc(NC(=O)Cc7ccccc7)c6)nc45)nc23)c1. The Bertz CT molecular complexity index is 2040. The van der Waals surface area contributed by atoms with E-state index in [0.717, 1.165) is 44.5 Å². The van der Waals surface area contributed by atoms with Crippen LogP contribution in [0.2, 0.25) is 0 Å². The van der Waals surface area contributed by atoms with Crippen LogP contribution in [0.3, 0.4) is 0 Å². The number of amides is 1. The molecule has 0 atom stereocenters. The molecule has 0 saturated heterocycles. The molecule has 7 rings (SSSR count). The number of aryl methyl sites for hydroxylation is 1. The van der Waals surface area contributed by atoms with Gasteiger partial charge in [0.25, 0.3) is 0 Å². The molecule has 198 valence electrons. The van der Waals surface area contributed by atoms with Crippen molar-refractivity contribution in [2.45, 2.75) is 13.3 Å². The van der Waals surface area contributed by atoms with Crippen molar-refractivity contribution in [1.29, 1.82) is 0 Å². The third kappa shape index (κ3) is 4.80. The van der Waals surface area contributed by atoms with Crippen LogP contribution in [-0.2, 0) is 11.2 Å². The molecule has 9 heteroatoms. The molecule has 0 saturated carbocycles. The lowest BCUT2D eigenvalue weighted by atomic mass is 10.1. The molecule has 0 aliphatic heterocycles. The van der Waals surface area contributed by atoms with Crippen LogP contribution < -0.4 is 5.32 Å². The van der Waals surface area contributed by atoms with Crippen LogP contribution in [0, 0.1) is 6.92 Å².